The lowest BCUT2D eigenvalue weighted by atomic mass is 10.1. The second-order valence-electron chi connectivity index (χ2n) is 5.79. The minimum absolute atomic E-state index is 0.191. The van der Waals surface area contributed by atoms with E-state index in [0.717, 1.165) is 25.3 Å². The van der Waals surface area contributed by atoms with Crippen LogP contribution in [0.4, 0.5) is 0 Å². The van der Waals surface area contributed by atoms with Crippen LogP contribution < -0.4 is 5.32 Å². The van der Waals surface area contributed by atoms with Crippen LogP contribution in [0.15, 0.2) is 0 Å². The minimum Gasteiger partial charge on any atom is -0.312 e. The van der Waals surface area contributed by atoms with Crippen molar-refractivity contribution >= 4 is 11.8 Å². The van der Waals surface area contributed by atoms with Crippen molar-refractivity contribution in [1.82, 2.24) is 15.1 Å². The summed E-state index contributed by atoms with van der Waals surface area (Å²) in [5.41, 5.74) is 4.12. The van der Waals surface area contributed by atoms with Crippen LogP contribution in [0, 0.1) is 13.8 Å². The zero-order chi connectivity index (χ0) is 13.8. The van der Waals surface area contributed by atoms with Crippen LogP contribution >= 0.6 is 11.8 Å². The van der Waals surface area contributed by atoms with Gasteiger partial charge < -0.3 is 5.32 Å². The number of thioether (sulfide) groups is 1. The molecule has 0 saturated heterocycles. The Hall–Kier alpha value is -0.480. The predicted molar refractivity (Wildman–Crippen MR) is 81.5 cm³/mol. The normalized spacial score (nSPS) is 12.1. The van der Waals surface area contributed by atoms with Crippen LogP contribution in [0.1, 0.15) is 37.7 Å². The first-order chi connectivity index (χ1) is 8.35. The van der Waals surface area contributed by atoms with E-state index in [-0.39, 0.29) is 5.54 Å². The maximum absolute atomic E-state index is 4.64. The molecule has 1 aromatic heterocycles. The van der Waals surface area contributed by atoms with E-state index in [4.69, 9.17) is 0 Å². The Kier molecular flexibility index (Phi) is 5.73. The highest BCUT2D eigenvalue weighted by atomic mass is 32.2. The van der Waals surface area contributed by atoms with Gasteiger partial charge in [-0.05, 0) is 59.4 Å². The first-order valence-corrected chi connectivity index (χ1v) is 8.01. The number of aromatic nitrogens is 2. The van der Waals surface area contributed by atoms with Gasteiger partial charge in [0.25, 0.3) is 0 Å². The van der Waals surface area contributed by atoms with Crippen LogP contribution in [0.2, 0.25) is 0 Å². The molecule has 0 fully saturated rings. The summed E-state index contributed by atoms with van der Waals surface area (Å²) in [6.07, 6.45) is 3.20. The van der Waals surface area contributed by atoms with E-state index in [1.54, 1.807) is 0 Å². The SMILES string of the molecule is CSCCn1nc(C)c(CCNC(C)(C)C)c1C. The van der Waals surface area contributed by atoms with Gasteiger partial charge in [-0.1, -0.05) is 0 Å². The molecule has 0 radical (unpaired) electrons. The van der Waals surface area contributed by atoms with Gasteiger partial charge in [-0.2, -0.15) is 16.9 Å². The van der Waals surface area contributed by atoms with Crippen molar-refractivity contribution in [3.63, 3.8) is 0 Å². The summed E-state index contributed by atoms with van der Waals surface area (Å²) in [7, 11) is 0. The van der Waals surface area contributed by atoms with E-state index < -0.39 is 0 Å². The van der Waals surface area contributed by atoms with Gasteiger partial charge >= 0.3 is 0 Å². The fourth-order valence-electron chi connectivity index (χ4n) is 2.05. The fraction of sp³-hybridized carbons (Fsp3) is 0.786. The Labute approximate surface area is 116 Å². The average Bonchev–Trinajstić information content (AvgIpc) is 2.52. The van der Waals surface area contributed by atoms with E-state index in [1.807, 2.05) is 11.8 Å². The molecule has 1 N–H and O–H groups in total. The summed E-state index contributed by atoms with van der Waals surface area (Å²) in [5, 5.41) is 8.17. The van der Waals surface area contributed by atoms with Gasteiger partial charge in [0.2, 0.25) is 0 Å². The standard InChI is InChI=1S/C14H27N3S/c1-11-13(7-8-15-14(3,4)5)12(2)17(16-11)9-10-18-6/h15H,7-10H2,1-6H3. The summed E-state index contributed by atoms with van der Waals surface area (Å²) in [6.45, 7) is 12.9. The molecule has 0 spiro atoms. The van der Waals surface area contributed by atoms with E-state index in [2.05, 4.69) is 56.0 Å². The lowest BCUT2D eigenvalue weighted by Gasteiger charge is -2.20. The van der Waals surface area contributed by atoms with E-state index in [1.165, 1.54) is 17.0 Å². The number of nitrogens with zero attached hydrogens (tertiary/aromatic N) is 2. The Bertz CT molecular complexity index is 377. The second kappa shape index (κ2) is 6.62. The van der Waals surface area contributed by atoms with Crippen LogP contribution in [0.5, 0.6) is 0 Å². The quantitative estimate of drug-likeness (QED) is 0.861. The van der Waals surface area contributed by atoms with Crippen molar-refractivity contribution in [2.45, 2.75) is 53.1 Å². The lowest BCUT2D eigenvalue weighted by molar-refractivity contribution is 0.429. The Morgan fingerprint density at radius 2 is 1.94 bits per heavy atom. The van der Waals surface area contributed by atoms with Gasteiger partial charge in [-0.3, -0.25) is 4.68 Å². The molecule has 0 aliphatic heterocycles. The Morgan fingerprint density at radius 1 is 1.28 bits per heavy atom. The van der Waals surface area contributed by atoms with Gasteiger partial charge in [-0.15, -0.1) is 0 Å². The number of hydrogen-bond acceptors (Lipinski definition) is 3. The molecule has 0 atom stereocenters. The smallest absolute Gasteiger partial charge is 0.0628 e. The summed E-state index contributed by atoms with van der Waals surface area (Å²) >= 11 is 1.87. The van der Waals surface area contributed by atoms with Gasteiger partial charge in [0.1, 0.15) is 0 Å². The van der Waals surface area contributed by atoms with Crippen molar-refractivity contribution in [2.75, 3.05) is 18.6 Å². The molecule has 0 amide bonds. The predicted octanol–water partition coefficient (Wildman–Crippen LogP) is 2.79. The first-order valence-electron chi connectivity index (χ1n) is 6.62. The number of hydrogen-bond donors (Lipinski definition) is 1. The molecule has 1 aromatic rings. The molecule has 0 bridgehead atoms. The third kappa shape index (κ3) is 4.65. The molecule has 0 aliphatic carbocycles. The molecule has 0 unspecified atom stereocenters. The van der Waals surface area contributed by atoms with Gasteiger partial charge in [0.15, 0.2) is 0 Å². The van der Waals surface area contributed by atoms with Crippen LogP contribution in [0.25, 0.3) is 0 Å². The maximum Gasteiger partial charge on any atom is 0.0628 e. The van der Waals surface area contributed by atoms with Gasteiger partial charge in [0, 0.05) is 17.0 Å². The molecule has 0 aliphatic rings. The molecule has 0 saturated carbocycles. The summed E-state index contributed by atoms with van der Waals surface area (Å²) in [4.78, 5) is 0. The molecule has 3 nitrogen and oxygen atoms in total. The average molecular weight is 269 g/mol. The van der Waals surface area contributed by atoms with Gasteiger partial charge in [-0.25, -0.2) is 0 Å². The van der Waals surface area contributed by atoms with Crippen LogP contribution in [-0.2, 0) is 13.0 Å². The number of aryl methyl sites for hydroxylation is 2. The van der Waals surface area contributed by atoms with Crippen LogP contribution in [0.3, 0.4) is 0 Å². The molecule has 104 valence electrons. The molecule has 18 heavy (non-hydrogen) atoms. The molecule has 1 rings (SSSR count). The lowest BCUT2D eigenvalue weighted by Crippen LogP contribution is -2.37. The molecular weight excluding hydrogens is 242 g/mol. The summed E-state index contributed by atoms with van der Waals surface area (Å²) < 4.78 is 2.15. The fourth-order valence-corrected chi connectivity index (χ4v) is 2.41. The first kappa shape index (κ1) is 15.6. The largest absolute Gasteiger partial charge is 0.312 e. The zero-order valence-electron chi connectivity index (χ0n) is 12.6. The summed E-state index contributed by atoms with van der Waals surface area (Å²) in [5.74, 6) is 1.13. The third-order valence-corrected chi connectivity index (χ3v) is 3.66. The van der Waals surface area contributed by atoms with E-state index >= 15 is 0 Å². The van der Waals surface area contributed by atoms with Crippen molar-refractivity contribution in [3.8, 4) is 0 Å². The number of rotatable bonds is 6. The van der Waals surface area contributed by atoms with Crippen molar-refractivity contribution < 1.29 is 0 Å². The highest BCUT2D eigenvalue weighted by Crippen LogP contribution is 2.14. The Balaban J connectivity index is 2.62. The van der Waals surface area contributed by atoms with Crippen molar-refractivity contribution in [3.05, 3.63) is 17.0 Å². The monoisotopic (exact) mass is 269 g/mol. The van der Waals surface area contributed by atoms with Crippen LogP contribution in [-0.4, -0.2) is 33.9 Å². The Morgan fingerprint density at radius 3 is 2.50 bits per heavy atom. The van der Waals surface area contributed by atoms with E-state index in [0.29, 0.717) is 0 Å². The molecule has 0 aromatic carbocycles. The van der Waals surface area contributed by atoms with Crippen molar-refractivity contribution in [2.24, 2.45) is 0 Å². The zero-order valence-corrected chi connectivity index (χ0v) is 13.4. The molecule has 1 heterocycles. The topological polar surface area (TPSA) is 29.9 Å². The minimum atomic E-state index is 0.191. The maximum atomic E-state index is 4.64. The van der Waals surface area contributed by atoms with E-state index in [9.17, 15) is 0 Å². The summed E-state index contributed by atoms with van der Waals surface area (Å²) in [6, 6.07) is 0. The van der Waals surface area contributed by atoms with Gasteiger partial charge in [0.05, 0.1) is 12.2 Å². The second-order valence-corrected chi connectivity index (χ2v) is 6.78. The highest BCUT2D eigenvalue weighted by molar-refractivity contribution is 7.98. The van der Waals surface area contributed by atoms with Crippen molar-refractivity contribution in [1.29, 1.82) is 0 Å². The third-order valence-electron chi connectivity index (χ3n) is 3.07. The number of nitrogens with one attached hydrogen (secondary N) is 1. The highest BCUT2D eigenvalue weighted by Gasteiger charge is 2.13. The molecule has 4 heteroatoms. The molecular formula is C14H27N3S.